The molecule has 0 aliphatic rings. The summed E-state index contributed by atoms with van der Waals surface area (Å²) in [7, 11) is 0. The monoisotopic (exact) mass is 202 g/mol. The van der Waals surface area contributed by atoms with Gasteiger partial charge < -0.3 is 10.7 Å². The van der Waals surface area contributed by atoms with Gasteiger partial charge in [0, 0.05) is 23.0 Å². The number of fused-ring (bicyclic) bond motifs is 1. The fraction of sp³-hybridized carbons (Fsp3) is 0.250. The molecular formula is C12H14N2O. The second-order valence-corrected chi connectivity index (χ2v) is 3.87. The Labute approximate surface area is 87.9 Å². The Kier molecular flexibility index (Phi) is 2.32. The van der Waals surface area contributed by atoms with Crippen molar-refractivity contribution in [2.75, 3.05) is 0 Å². The number of rotatable bonds is 1. The molecule has 1 aromatic carbocycles. The molecule has 2 aromatic rings. The Morgan fingerprint density at radius 3 is 2.67 bits per heavy atom. The first-order valence-electron chi connectivity index (χ1n) is 4.95. The van der Waals surface area contributed by atoms with Crippen LogP contribution in [0.3, 0.4) is 0 Å². The van der Waals surface area contributed by atoms with E-state index in [-0.39, 0.29) is 12.1 Å². The Morgan fingerprint density at radius 2 is 2.00 bits per heavy atom. The highest BCUT2D eigenvalue weighted by atomic mass is 16.1. The van der Waals surface area contributed by atoms with E-state index in [0.29, 0.717) is 5.56 Å². The molecule has 3 nitrogen and oxygen atoms in total. The standard InChI is InChI=1S/C12H14N2O/c1-7-3-8(2)10-5-9(6-13)12(15)14-11(10)4-7/h3-5H,6,13H2,1-2H3,(H,14,15). The summed E-state index contributed by atoms with van der Waals surface area (Å²) in [5.41, 5.74) is 9.24. The van der Waals surface area contributed by atoms with E-state index in [1.807, 2.05) is 26.0 Å². The van der Waals surface area contributed by atoms with E-state index in [9.17, 15) is 4.79 Å². The number of H-pyrrole nitrogens is 1. The van der Waals surface area contributed by atoms with Gasteiger partial charge in [0.15, 0.2) is 0 Å². The van der Waals surface area contributed by atoms with Gasteiger partial charge in [0.25, 0.3) is 5.56 Å². The molecule has 0 fully saturated rings. The summed E-state index contributed by atoms with van der Waals surface area (Å²) < 4.78 is 0. The molecule has 0 atom stereocenters. The molecule has 1 aromatic heterocycles. The summed E-state index contributed by atoms with van der Waals surface area (Å²) in [6.45, 7) is 4.33. The molecule has 3 N–H and O–H groups in total. The lowest BCUT2D eigenvalue weighted by Gasteiger charge is -2.05. The number of hydrogen-bond acceptors (Lipinski definition) is 2. The van der Waals surface area contributed by atoms with Crippen molar-refractivity contribution in [1.82, 2.24) is 4.98 Å². The van der Waals surface area contributed by atoms with Crippen molar-refractivity contribution >= 4 is 10.9 Å². The first kappa shape index (κ1) is 9.93. The summed E-state index contributed by atoms with van der Waals surface area (Å²) in [5.74, 6) is 0. The summed E-state index contributed by atoms with van der Waals surface area (Å²) in [6.07, 6.45) is 0. The molecule has 0 aliphatic carbocycles. The predicted octanol–water partition coefficient (Wildman–Crippen LogP) is 1.60. The number of aryl methyl sites for hydroxylation is 2. The topological polar surface area (TPSA) is 58.9 Å². The van der Waals surface area contributed by atoms with Crippen LogP contribution >= 0.6 is 0 Å². The fourth-order valence-corrected chi connectivity index (χ4v) is 1.87. The Balaban J connectivity index is 2.87. The van der Waals surface area contributed by atoms with E-state index in [1.54, 1.807) is 0 Å². The van der Waals surface area contributed by atoms with Gasteiger partial charge in [0.1, 0.15) is 0 Å². The minimum Gasteiger partial charge on any atom is -0.326 e. The molecular weight excluding hydrogens is 188 g/mol. The van der Waals surface area contributed by atoms with Gasteiger partial charge in [0.05, 0.1) is 0 Å². The normalized spacial score (nSPS) is 10.9. The molecule has 78 valence electrons. The molecule has 0 radical (unpaired) electrons. The van der Waals surface area contributed by atoms with Crippen LogP contribution in [0.1, 0.15) is 16.7 Å². The third-order valence-electron chi connectivity index (χ3n) is 2.61. The van der Waals surface area contributed by atoms with E-state index in [4.69, 9.17) is 5.73 Å². The van der Waals surface area contributed by atoms with Gasteiger partial charge in [-0.15, -0.1) is 0 Å². The highest BCUT2D eigenvalue weighted by molar-refractivity contribution is 5.83. The zero-order chi connectivity index (χ0) is 11.0. The number of aromatic amines is 1. The van der Waals surface area contributed by atoms with Gasteiger partial charge in [-0.25, -0.2) is 0 Å². The number of nitrogens with two attached hydrogens (primary N) is 1. The van der Waals surface area contributed by atoms with Crippen molar-refractivity contribution in [3.05, 3.63) is 45.2 Å². The second kappa shape index (κ2) is 3.51. The maximum atomic E-state index is 11.6. The van der Waals surface area contributed by atoms with Gasteiger partial charge in [-0.05, 0) is 37.1 Å². The summed E-state index contributed by atoms with van der Waals surface area (Å²) in [6, 6.07) is 5.95. The van der Waals surface area contributed by atoms with E-state index in [2.05, 4.69) is 11.1 Å². The number of pyridine rings is 1. The van der Waals surface area contributed by atoms with Gasteiger partial charge in [-0.1, -0.05) is 6.07 Å². The van der Waals surface area contributed by atoms with E-state index in [0.717, 1.165) is 22.0 Å². The smallest absolute Gasteiger partial charge is 0.252 e. The van der Waals surface area contributed by atoms with Crippen molar-refractivity contribution in [3.8, 4) is 0 Å². The van der Waals surface area contributed by atoms with Crippen molar-refractivity contribution in [3.63, 3.8) is 0 Å². The number of benzene rings is 1. The van der Waals surface area contributed by atoms with Gasteiger partial charge in [0.2, 0.25) is 0 Å². The quantitative estimate of drug-likeness (QED) is 0.738. The molecule has 0 saturated heterocycles. The first-order valence-corrected chi connectivity index (χ1v) is 4.95. The molecule has 0 saturated carbocycles. The van der Waals surface area contributed by atoms with E-state index in [1.165, 1.54) is 0 Å². The summed E-state index contributed by atoms with van der Waals surface area (Å²) >= 11 is 0. The molecule has 0 amide bonds. The molecule has 1 heterocycles. The van der Waals surface area contributed by atoms with Crippen molar-refractivity contribution < 1.29 is 0 Å². The van der Waals surface area contributed by atoms with Crippen LogP contribution in [0.25, 0.3) is 10.9 Å². The van der Waals surface area contributed by atoms with Crippen LogP contribution in [-0.2, 0) is 6.54 Å². The molecule has 2 rings (SSSR count). The zero-order valence-corrected chi connectivity index (χ0v) is 8.92. The van der Waals surface area contributed by atoms with Gasteiger partial charge >= 0.3 is 0 Å². The lowest BCUT2D eigenvalue weighted by atomic mass is 10.0. The van der Waals surface area contributed by atoms with Crippen molar-refractivity contribution in [1.29, 1.82) is 0 Å². The largest absolute Gasteiger partial charge is 0.326 e. The highest BCUT2D eigenvalue weighted by Crippen LogP contribution is 2.18. The maximum Gasteiger partial charge on any atom is 0.252 e. The number of nitrogens with one attached hydrogen (secondary N) is 1. The number of hydrogen-bond donors (Lipinski definition) is 2. The van der Waals surface area contributed by atoms with Crippen LogP contribution in [0.2, 0.25) is 0 Å². The maximum absolute atomic E-state index is 11.6. The van der Waals surface area contributed by atoms with Crippen LogP contribution in [0.5, 0.6) is 0 Å². The fourth-order valence-electron chi connectivity index (χ4n) is 1.87. The van der Waals surface area contributed by atoms with Crippen LogP contribution < -0.4 is 11.3 Å². The minimum absolute atomic E-state index is 0.0880. The van der Waals surface area contributed by atoms with Crippen LogP contribution in [-0.4, -0.2) is 4.98 Å². The van der Waals surface area contributed by atoms with Crippen molar-refractivity contribution in [2.45, 2.75) is 20.4 Å². The van der Waals surface area contributed by atoms with Crippen LogP contribution in [0, 0.1) is 13.8 Å². The summed E-state index contributed by atoms with van der Waals surface area (Å²) in [4.78, 5) is 14.4. The molecule has 3 heteroatoms. The molecule has 0 spiro atoms. The predicted molar refractivity (Wildman–Crippen MR) is 61.9 cm³/mol. The third kappa shape index (κ3) is 1.66. The van der Waals surface area contributed by atoms with E-state index >= 15 is 0 Å². The Hall–Kier alpha value is -1.61. The van der Waals surface area contributed by atoms with Crippen molar-refractivity contribution in [2.24, 2.45) is 5.73 Å². The second-order valence-electron chi connectivity index (χ2n) is 3.87. The van der Waals surface area contributed by atoms with Gasteiger partial charge in [-0.3, -0.25) is 4.79 Å². The minimum atomic E-state index is -0.0880. The Morgan fingerprint density at radius 1 is 1.27 bits per heavy atom. The average Bonchev–Trinajstić information content (AvgIpc) is 2.16. The van der Waals surface area contributed by atoms with E-state index < -0.39 is 0 Å². The van der Waals surface area contributed by atoms with Crippen LogP contribution in [0.4, 0.5) is 0 Å². The zero-order valence-electron chi connectivity index (χ0n) is 8.92. The Bertz CT molecular complexity index is 570. The average molecular weight is 202 g/mol. The van der Waals surface area contributed by atoms with Gasteiger partial charge in [-0.2, -0.15) is 0 Å². The third-order valence-corrected chi connectivity index (χ3v) is 2.61. The number of aromatic nitrogens is 1. The lowest BCUT2D eigenvalue weighted by Crippen LogP contribution is -2.15. The molecule has 15 heavy (non-hydrogen) atoms. The first-order chi connectivity index (χ1) is 7.11. The highest BCUT2D eigenvalue weighted by Gasteiger charge is 2.03. The lowest BCUT2D eigenvalue weighted by molar-refractivity contribution is 1.03. The molecule has 0 unspecified atom stereocenters. The van der Waals surface area contributed by atoms with Crippen LogP contribution in [0.15, 0.2) is 23.0 Å². The molecule has 0 bridgehead atoms. The summed E-state index contributed by atoms with van der Waals surface area (Å²) in [5, 5.41) is 1.07. The molecule has 0 aliphatic heterocycles. The SMILES string of the molecule is Cc1cc(C)c2cc(CN)c(=O)[nH]c2c1.